The van der Waals surface area contributed by atoms with Crippen molar-refractivity contribution in [3.05, 3.63) is 17.5 Å². The maximum Gasteiger partial charge on any atom is 0.433 e. The molecule has 0 aliphatic heterocycles. The molecule has 2 nitrogen and oxygen atoms in total. The van der Waals surface area contributed by atoms with Gasteiger partial charge in [-0.25, -0.2) is 0 Å². The van der Waals surface area contributed by atoms with Gasteiger partial charge in [0.05, 0.1) is 6.20 Å². The summed E-state index contributed by atoms with van der Waals surface area (Å²) in [5.74, 6) is -0.162. The van der Waals surface area contributed by atoms with Crippen molar-refractivity contribution in [1.82, 2.24) is 9.78 Å². The summed E-state index contributed by atoms with van der Waals surface area (Å²) in [6, 6.07) is 0. The topological polar surface area (TPSA) is 17.8 Å². The van der Waals surface area contributed by atoms with Crippen LogP contribution in [0.4, 0.5) is 13.2 Å². The maximum absolute atomic E-state index is 12.4. The van der Waals surface area contributed by atoms with Crippen molar-refractivity contribution in [3.8, 4) is 0 Å². The number of nitrogens with zero attached hydrogens (tertiary/aromatic N) is 2. The summed E-state index contributed by atoms with van der Waals surface area (Å²) in [5, 5.41) is 3.60. The molecule has 1 rings (SSSR count). The van der Waals surface area contributed by atoms with Crippen LogP contribution < -0.4 is 0 Å². The Hall–Kier alpha value is -1.00. The molecular formula is C8H11F3N2. The molecule has 0 N–H and O–H groups in total. The van der Waals surface area contributed by atoms with E-state index in [2.05, 4.69) is 5.10 Å². The Morgan fingerprint density at radius 3 is 2.23 bits per heavy atom. The highest BCUT2D eigenvalue weighted by Gasteiger charge is 2.37. The molecule has 0 fully saturated rings. The lowest BCUT2D eigenvalue weighted by molar-refractivity contribution is -0.144. The van der Waals surface area contributed by atoms with E-state index in [-0.39, 0.29) is 11.5 Å². The van der Waals surface area contributed by atoms with Gasteiger partial charge in [-0.05, 0) is 5.92 Å². The number of hydrogen-bond donors (Lipinski definition) is 0. The van der Waals surface area contributed by atoms with Gasteiger partial charge >= 0.3 is 6.18 Å². The van der Waals surface area contributed by atoms with Crippen molar-refractivity contribution in [1.29, 1.82) is 0 Å². The summed E-state index contributed by atoms with van der Waals surface area (Å²) in [7, 11) is 1.30. The normalized spacial score (nSPS) is 12.5. The van der Waals surface area contributed by atoms with Crippen molar-refractivity contribution in [2.45, 2.75) is 25.9 Å². The van der Waals surface area contributed by atoms with Crippen LogP contribution >= 0.6 is 0 Å². The zero-order chi connectivity index (χ0) is 10.2. The van der Waals surface area contributed by atoms with Gasteiger partial charge in [0.2, 0.25) is 0 Å². The molecule has 0 unspecified atom stereocenters. The van der Waals surface area contributed by atoms with E-state index in [4.69, 9.17) is 0 Å². The van der Waals surface area contributed by atoms with Gasteiger partial charge in [-0.1, -0.05) is 13.8 Å². The second kappa shape index (κ2) is 3.05. The SMILES string of the molecule is CC(C)c1cnn(C)c1C(F)(F)F. The highest BCUT2D eigenvalue weighted by Crippen LogP contribution is 2.34. The molecule has 5 heteroatoms. The van der Waals surface area contributed by atoms with Crippen LogP contribution in [0, 0.1) is 0 Å². The molecule has 1 heterocycles. The predicted octanol–water partition coefficient (Wildman–Crippen LogP) is 2.56. The molecule has 74 valence electrons. The van der Waals surface area contributed by atoms with E-state index in [9.17, 15) is 13.2 Å². The van der Waals surface area contributed by atoms with Crippen LogP contribution in [0.2, 0.25) is 0 Å². The predicted molar refractivity (Wildman–Crippen MR) is 42.3 cm³/mol. The van der Waals surface area contributed by atoms with Crippen LogP contribution in [0.15, 0.2) is 6.20 Å². The number of halogens is 3. The minimum absolute atomic E-state index is 0.162. The average Bonchev–Trinajstić information content (AvgIpc) is 2.28. The standard InChI is InChI=1S/C8H11F3N2/c1-5(2)6-4-12-13(3)7(6)8(9,10)11/h4-5H,1-3H3. The largest absolute Gasteiger partial charge is 0.433 e. The number of hydrogen-bond acceptors (Lipinski definition) is 1. The first-order valence-corrected chi connectivity index (χ1v) is 3.93. The first-order chi connectivity index (χ1) is 5.84. The van der Waals surface area contributed by atoms with E-state index >= 15 is 0 Å². The third-order valence-electron chi connectivity index (χ3n) is 1.86. The van der Waals surface area contributed by atoms with Gasteiger partial charge in [0.15, 0.2) is 0 Å². The van der Waals surface area contributed by atoms with E-state index in [1.165, 1.54) is 13.2 Å². The number of aryl methyl sites for hydroxylation is 1. The van der Waals surface area contributed by atoms with Crippen molar-refractivity contribution in [3.63, 3.8) is 0 Å². The molecule has 0 aliphatic rings. The Morgan fingerprint density at radius 2 is 1.92 bits per heavy atom. The van der Waals surface area contributed by atoms with Crippen LogP contribution in [0.5, 0.6) is 0 Å². The quantitative estimate of drug-likeness (QED) is 0.668. The van der Waals surface area contributed by atoms with Crippen LogP contribution in [-0.4, -0.2) is 9.78 Å². The first-order valence-electron chi connectivity index (χ1n) is 3.93. The molecular weight excluding hydrogens is 181 g/mol. The van der Waals surface area contributed by atoms with Crippen molar-refractivity contribution >= 4 is 0 Å². The highest BCUT2D eigenvalue weighted by atomic mass is 19.4. The van der Waals surface area contributed by atoms with Gasteiger partial charge in [-0.15, -0.1) is 0 Å². The van der Waals surface area contributed by atoms with Gasteiger partial charge < -0.3 is 0 Å². The van der Waals surface area contributed by atoms with Crippen LogP contribution in [0.25, 0.3) is 0 Å². The summed E-state index contributed by atoms with van der Waals surface area (Å²) in [6.45, 7) is 3.43. The average molecular weight is 192 g/mol. The van der Waals surface area contributed by atoms with Crippen molar-refractivity contribution < 1.29 is 13.2 Å². The fourth-order valence-corrected chi connectivity index (χ4v) is 1.22. The van der Waals surface area contributed by atoms with Crippen LogP contribution in [0.3, 0.4) is 0 Å². The number of aromatic nitrogens is 2. The fourth-order valence-electron chi connectivity index (χ4n) is 1.22. The fraction of sp³-hybridized carbons (Fsp3) is 0.625. The molecule has 1 aromatic heterocycles. The van der Waals surface area contributed by atoms with Crippen LogP contribution in [-0.2, 0) is 13.2 Å². The summed E-state index contributed by atoms with van der Waals surface area (Å²) in [6.07, 6.45) is -3.04. The number of rotatable bonds is 1. The van der Waals surface area contributed by atoms with E-state index in [1.807, 2.05) is 0 Å². The Kier molecular flexibility index (Phi) is 2.36. The number of alkyl halides is 3. The summed E-state index contributed by atoms with van der Waals surface area (Å²) < 4.78 is 38.2. The highest BCUT2D eigenvalue weighted by molar-refractivity contribution is 5.23. The molecule has 13 heavy (non-hydrogen) atoms. The zero-order valence-corrected chi connectivity index (χ0v) is 7.68. The molecule has 1 aromatic rings. The van der Waals surface area contributed by atoms with E-state index in [0.29, 0.717) is 0 Å². The molecule has 0 atom stereocenters. The second-order valence-electron chi connectivity index (χ2n) is 3.22. The van der Waals surface area contributed by atoms with Gasteiger partial charge in [0.25, 0.3) is 0 Å². The monoisotopic (exact) mass is 192 g/mol. The minimum Gasteiger partial charge on any atom is -0.263 e. The lowest BCUT2D eigenvalue weighted by Crippen LogP contribution is -2.14. The minimum atomic E-state index is -4.31. The third-order valence-corrected chi connectivity index (χ3v) is 1.86. The molecule has 0 saturated heterocycles. The maximum atomic E-state index is 12.4. The molecule has 0 saturated carbocycles. The molecule has 0 bridgehead atoms. The Balaban J connectivity index is 3.25. The van der Waals surface area contributed by atoms with Gasteiger partial charge in [-0.3, -0.25) is 4.68 Å². The van der Waals surface area contributed by atoms with E-state index < -0.39 is 11.9 Å². The van der Waals surface area contributed by atoms with E-state index in [0.717, 1.165) is 4.68 Å². The zero-order valence-electron chi connectivity index (χ0n) is 7.68. The lowest BCUT2D eigenvalue weighted by atomic mass is 10.0. The summed E-state index contributed by atoms with van der Waals surface area (Å²) in [5.41, 5.74) is -0.405. The van der Waals surface area contributed by atoms with E-state index in [1.54, 1.807) is 13.8 Å². The first kappa shape index (κ1) is 10.1. The van der Waals surface area contributed by atoms with Crippen molar-refractivity contribution in [2.75, 3.05) is 0 Å². The third kappa shape index (κ3) is 1.84. The molecule has 0 aliphatic carbocycles. The summed E-state index contributed by atoms with van der Waals surface area (Å²) >= 11 is 0. The van der Waals surface area contributed by atoms with Gasteiger partial charge in [0.1, 0.15) is 5.69 Å². The Morgan fingerprint density at radius 1 is 1.38 bits per heavy atom. The molecule has 0 spiro atoms. The second-order valence-corrected chi connectivity index (χ2v) is 3.22. The Labute approximate surface area is 74.4 Å². The molecule has 0 radical (unpaired) electrons. The summed E-state index contributed by atoms with van der Waals surface area (Å²) in [4.78, 5) is 0. The van der Waals surface area contributed by atoms with Gasteiger partial charge in [0, 0.05) is 12.6 Å². The van der Waals surface area contributed by atoms with Crippen LogP contribution in [0.1, 0.15) is 31.0 Å². The van der Waals surface area contributed by atoms with Gasteiger partial charge in [-0.2, -0.15) is 18.3 Å². The molecule has 0 aromatic carbocycles. The smallest absolute Gasteiger partial charge is 0.263 e. The van der Waals surface area contributed by atoms with Crippen molar-refractivity contribution in [2.24, 2.45) is 7.05 Å². The molecule has 0 amide bonds. The Bertz CT molecular complexity index is 299. The lowest BCUT2D eigenvalue weighted by Gasteiger charge is -2.11.